The molecule has 2 aromatic rings. The van der Waals surface area contributed by atoms with Gasteiger partial charge in [-0.15, -0.1) is 4.40 Å². The molecular formula is C29H37N3O5S2. The lowest BCUT2D eigenvalue weighted by atomic mass is 9.94. The summed E-state index contributed by atoms with van der Waals surface area (Å²) in [5.41, 5.74) is 0.610. The highest BCUT2D eigenvalue weighted by atomic mass is 32.2. The number of amidine groups is 1. The molecule has 2 amide bonds. The normalized spacial score (nSPS) is 19.4. The minimum atomic E-state index is -3.99. The SMILES string of the molecule is CCCCCCOc1ccc(NC(=O)CC2S/C(=N/S(=O)(=O)c3ccccc3)N(C3CCCCC3)C2=O)cc1. The second-order valence-electron chi connectivity index (χ2n) is 9.95. The van der Waals surface area contributed by atoms with Crippen LogP contribution in [0.2, 0.25) is 0 Å². The zero-order chi connectivity index (χ0) is 27.7. The lowest BCUT2D eigenvalue weighted by Crippen LogP contribution is -2.42. The number of hydrogen-bond donors (Lipinski definition) is 1. The number of hydrogen-bond acceptors (Lipinski definition) is 6. The summed E-state index contributed by atoms with van der Waals surface area (Å²) < 4.78 is 35.9. The number of rotatable bonds is 12. The predicted molar refractivity (Wildman–Crippen MR) is 155 cm³/mol. The third-order valence-corrected chi connectivity index (χ3v) is 9.47. The molecule has 1 N–H and O–H groups in total. The molecule has 39 heavy (non-hydrogen) atoms. The Hall–Kier alpha value is -2.85. The van der Waals surface area contributed by atoms with Crippen molar-refractivity contribution in [3.8, 4) is 5.75 Å². The Morgan fingerprint density at radius 2 is 1.74 bits per heavy atom. The molecule has 2 fully saturated rings. The number of carbonyl (C=O) groups excluding carboxylic acids is 2. The largest absolute Gasteiger partial charge is 0.494 e. The van der Waals surface area contributed by atoms with Crippen molar-refractivity contribution >= 4 is 44.5 Å². The molecule has 1 unspecified atom stereocenters. The van der Waals surface area contributed by atoms with Crippen molar-refractivity contribution in [1.82, 2.24) is 4.90 Å². The smallest absolute Gasteiger partial charge is 0.284 e. The van der Waals surface area contributed by atoms with Gasteiger partial charge in [-0.25, -0.2) is 0 Å². The van der Waals surface area contributed by atoms with E-state index in [0.717, 1.165) is 62.5 Å². The summed E-state index contributed by atoms with van der Waals surface area (Å²) in [6.07, 6.45) is 9.08. The van der Waals surface area contributed by atoms with E-state index < -0.39 is 15.3 Å². The van der Waals surface area contributed by atoms with Crippen LogP contribution in [-0.2, 0) is 19.6 Å². The van der Waals surface area contributed by atoms with Gasteiger partial charge in [0.1, 0.15) is 11.0 Å². The average molecular weight is 572 g/mol. The number of thioether (sulfide) groups is 1. The van der Waals surface area contributed by atoms with Gasteiger partial charge in [-0.3, -0.25) is 14.5 Å². The number of nitrogens with one attached hydrogen (secondary N) is 1. The van der Waals surface area contributed by atoms with E-state index in [-0.39, 0.29) is 34.3 Å². The maximum absolute atomic E-state index is 13.5. The van der Waals surface area contributed by atoms with Gasteiger partial charge in [-0.1, -0.05) is 75.4 Å². The van der Waals surface area contributed by atoms with Crippen LogP contribution in [0.25, 0.3) is 0 Å². The highest BCUT2D eigenvalue weighted by Crippen LogP contribution is 2.36. The summed E-state index contributed by atoms with van der Waals surface area (Å²) in [6.45, 7) is 2.83. The monoisotopic (exact) mass is 571 g/mol. The van der Waals surface area contributed by atoms with Crippen LogP contribution >= 0.6 is 11.8 Å². The Balaban J connectivity index is 1.41. The lowest BCUT2D eigenvalue weighted by molar-refractivity contribution is -0.130. The molecule has 2 aliphatic rings. The van der Waals surface area contributed by atoms with Crippen LogP contribution in [0.15, 0.2) is 63.9 Å². The van der Waals surface area contributed by atoms with Crippen LogP contribution in [0.4, 0.5) is 5.69 Å². The van der Waals surface area contributed by atoms with Crippen molar-refractivity contribution in [2.45, 2.75) is 87.3 Å². The van der Waals surface area contributed by atoms with E-state index in [1.165, 1.54) is 29.9 Å². The van der Waals surface area contributed by atoms with Crippen molar-refractivity contribution in [2.24, 2.45) is 4.40 Å². The molecule has 4 rings (SSSR count). The van der Waals surface area contributed by atoms with Crippen molar-refractivity contribution in [3.63, 3.8) is 0 Å². The van der Waals surface area contributed by atoms with Gasteiger partial charge in [0.05, 0.1) is 11.5 Å². The lowest BCUT2D eigenvalue weighted by Gasteiger charge is -2.30. The summed E-state index contributed by atoms with van der Waals surface area (Å²) in [4.78, 5) is 28.0. The molecule has 8 nitrogen and oxygen atoms in total. The highest BCUT2D eigenvalue weighted by Gasteiger charge is 2.43. The van der Waals surface area contributed by atoms with Gasteiger partial charge in [0.2, 0.25) is 11.8 Å². The van der Waals surface area contributed by atoms with Crippen molar-refractivity contribution in [2.75, 3.05) is 11.9 Å². The van der Waals surface area contributed by atoms with Gasteiger partial charge in [0, 0.05) is 18.2 Å². The number of nitrogens with zero attached hydrogens (tertiary/aromatic N) is 2. The third-order valence-electron chi connectivity index (χ3n) is 6.92. The minimum Gasteiger partial charge on any atom is -0.494 e. The van der Waals surface area contributed by atoms with Gasteiger partial charge in [-0.2, -0.15) is 8.42 Å². The number of amides is 2. The van der Waals surface area contributed by atoms with Crippen LogP contribution in [0.3, 0.4) is 0 Å². The van der Waals surface area contributed by atoms with E-state index in [0.29, 0.717) is 12.3 Å². The van der Waals surface area contributed by atoms with Gasteiger partial charge in [-0.05, 0) is 55.7 Å². The zero-order valence-electron chi connectivity index (χ0n) is 22.4. The zero-order valence-corrected chi connectivity index (χ0v) is 24.0. The van der Waals surface area contributed by atoms with Gasteiger partial charge in [0.25, 0.3) is 10.0 Å². The Bertz CT molecular complexity index is 1240. The number of unbranched alkanes of at least 4 members (excludes halogenated alkanes) is 3. The van der Waals surface area contributed by atoms with Crippen LogP contribution < -0.4 is 10.1 Å². The van der Waals surface area contributed by atoms with Crippen LogP contribution in [0.1, 0.15) is 71.1 Å². The quantitative estimate of drug-likeness (QED) is 0.314. The number of carbonyl (C=O) groups is 2. The molecule has 1 aliphatic heterocycles. The fourth-order valence-corrected chi connectivity index (χ4v) is 7.26. The predicted octanol–water partition coefficient (Wildman–Crippen LogP) is 6.00. The molecule has 0 radical (unpaired) electrons. The first-order valence-electron chi connectivity index (χ1n) is 13.8. The molecule has 1 saturated carbocycles. The number of benzene rings is 2. The van der Waals surface area contributed by atoms with Crippen LogP contribution in [0.5, 0.6) is 5.75 Å². The molecule has 2 aromatic carbocycles. The molecule has 0 spiro atoms. The standard InChI is InChI=1S/C29H37N3O5S2/c1-2-3-4-11-20-37-24-18-16-22(17-19-24)30-27(33)21-26-28(34)32(23-12-7-5-8-13-23)29(38-26)31-39(35,36)25-14-9-6-10-15-25/h6,9-10,14-19,23,26H,2-5,7-8,11-13,20-21H2,1H3,(H,30,33)/b31-29+. The van der Waals surface area contributed by atoms with Crippen molar-refractivity contribution < 1.29 is 22.7 Å². The first-order valence-corrected chi connectivity index (χ1v) is 16.1. The average Bonchev–Trinajstić information content (AvgIpc) is 3.23. The van der Waals surface area contributed by atoms with Crippen LogP contribution in [0, 0.1) is 0 Å². The second-order valence-corrected chi connectivity index (χ2v) is 12.7. The molecule has 10 heteroatoms. The van der Waals surface area contributed by atoms with Gasteiger partial charge in [0.15, 0.2) is 5.17 Å². The maximum atomic E-state index is 13.5. The number of anilines is 1. The fraction of sp³-hybridized carbons (Fsp3) is 0.483. The van der Waals surface area contributed by atoms with Crippen LogP contribution in [-0.4, -0.2) is 48.2 Å². The van der Waals surface area contributed by atoms with Gasteiger partial charge < -0.3 is 10.1 Å². The molecule has 0 bridgehead atoms. The van der Waals surface area contributed by atoms with E-state index in [4.69, 9.17) is 4.74 Å². The Kier molecular flexibility index (Phi) is 10.4. The Labute approximate surface area is 235 Å². The summed E-state index contributed by atoms with van der Waals surface area (Å²) in [7, 11) is -3.99. The first kappa shape index (κ1) is 29.1. The summed E-state index contributed by atoms with van der Waals surface area (Å²) >= 11 is 1.06. The molecule has 1 saturated heterocycles. The highest BCUT2D eigenvalue weighted by molar-refractivity contribution is 8.16. The molecule has 1 heterocycles. The molecule has 1 aliphatic carbocycles. The topological polar surface area (TPSA) is 105 Å². The number of sulfonamides is 1. The second kappa shape index (κ2) is 14.0. The van der Waals surface area contributed by atoms with E-state index in [1.54, 1.807) is 30.3 Å². The van der Waals surface area contributed by atoms with E-state index >= 15 is 0 Å². The minimum absolute atomic E-state index is 0.0729. The van der Waals surface area contributed by atoms with Crippen molar-refractivity contribution in [3.05, 3.63) is 54.6 Å². The first-order chi connectivity index (χ1) is 18.9. The summed E-state index contributed by atoms with van der Waals surface area (Å²) in [6, 6.07) is 15.1. The van der Waals surface area contributed by atoms with E-state index in [1.807, 2.05) is 12.1 Å². The Morgan fingerprint density at radius 3 is 2.44 bits per heavy atom. The fourth-order valence-electron chi connectivity index (χ4n) is 4.84. The number of ether oxygens (including phenoxy) is 1. The molecule has 0 aromatic heterocycles. The Morgan fingerprint density at radius 1 is 1.03 bits per heavy atom. The molecular weight excluding hydrogens is 534 g/mol. The maximum Gasteiger partial charge on any atom is 0.284 e. The third kappa shape index (κ3) is 8.08. The molecule has 210 valence electrons. The summed E-state index contributed by atoms with van der Waals surface area (Å²) in [5, 5.41) is 2.27. The summed E-state index contributed by atoms with van der Waals surface area (Å²) in [5.74, 6) is 0.176. The van der Waals surface area contributed by atoms with Gasteiger partial charge >= 0.3 is 0 Å². The van der Waals surface area contributed by atoms with E-state index in [2.05, 4.69) is 16.6 Å². The van der Waals surface area contributed by atoms with Crippen molar-refractivity contribution in [1.29, 1.82) is 0 Å². The molecule has 1 atom stereocenters. The van der Waals surface area contributed by atoms with E-state index in [9.17, 15) is 18.0 Å².